The van der Waals surface area contributed by atoms with Crippen molar-refractivity contribution in [2.24, 2.45) is 12.5 Å². The van der Waals surface area contributed by atoms with E-state index in [0.29, 0.717) is 24.6 Å². The molecule has 0 aliphatic carbocycles. The van der Waals surface area contributed by atoms with E-state index in [-0.39, 0.29) is 5.41 Å². The van der Waals surface area contributed by atoms with Crippen LogP contribution in [0.2, 0.25) is 0 Å². The average molecular weight is 403 g/mol. The molecular formula is C19H20F3N7. The summed E-state index contributed by atoms with van der Waals surface area (Å²) < 4.78 is 41.1. The summed E-state index contributed by atoms with van der Waals surface area (Å²) in [6.07, 6.45) is 2.02. The quantitative estimate of drug-likeness (QED) is 0.656. The van der Waals surface area contributed by atoms with Gasteiger partial charge in [-0.05, 0) is 25.0 Å². The molecule has 0 radical (unpaired) electrons. The van der Waals surface area contributed by atoms with Crippen molar-refractivity contribution in [1.29, 1.82) is 0 Å². The smallest absolute Gasteiger partial charge is 0.356 e. The number of hydrogen-bond donors (Lipinski definition) is 0. The van der Waals surface area contributed by atoms with Crippen LogP contribution in [0, 0.1) is 5.41 Å². The highest BCUT2D eigenvalue weighted by Gasteiger charge is 2.45. The summed E-state index contributed by atoms with van der Waals surface area (Å²) in [5, 5.41) is 0. The molecule has 0 amide bonds. The number of aromatic nitrogens is 5. The fourth-order valence-electron chi connectivity index (χ4n) is 4.55. The van der Waals surface area contributed by atoms with Gasteiger partial charge in [0.25, 0.3) is 0 Å². The van der Waals surface area contributed by atoms with E-state index in [2.05, 4.69) is 24.8 Å². The van der Waals surface area contributed by atoms with Gasteiger partial charge in [0, 0.05) is 44.8 Å². The molecule has 10 heteroatoms. The van der Waals surface area contributed by atoms with Crippen molar-refractivity contribution >= 4 is 22.8 Å². The normalized spacial score (nSPS) is 22.3. The molecule has 0 N–H and O–H groups in total. The molecule has 0 bridgehead atoms. The molecule has 1 atom stereocenters. The van der Waals surface area contributed by atoms with Crippen LogP contribution in [-0.4, -0.2) is 50.7 Å². The molecule has 2 aliphatic rings. The van der Waals surface area contributed by atoms with E-state index < -0.39 is 11.7 Å². The summed E-state index contributed by atoms with van der Waals surface area (Å²) >= 11 is 0. The van der Waals surface area contributed by atoms with Crippen molar-refractivity contribution in [3.05, 3.63) is 36.5 Å². The molecule has 5 rings (SSSR count). The van der Waals surface area contributed by atoms with Crippen molar-refractivity contribution in [1.82, 2.24) is 24.5 Å². The maximum Gasteiger partial charge on any atom is 0.416 e. The number of anilines is 2. The molecule has 2 aliphatic heterocycles. The third kappa shape index (κ3) is 3.06. The number of hydrogen-bond acceptors (Lipinski definition) is 6. The molecule has 0 saturated carbocycles. The van der Waals surface area contributed by atoms with Crippen molar-refractivity contribution < 1.29 is 13.2 Å². The minimum Gasteiger partial charge on any atom is -0.356 e. The van der Waals surface area contributed by atoms with E-state index in [0.717, 1.165) is 49.4 Å². The van der Waals surface area contributed by atoms with Gasteiger partial charge in [0.05, 0.1) is 11.9 Å². The Bertz CT molecular complexity index is 1060. The lowest BCUT2D eigenvalue weighted by molar-refractivity contribution is -0.137. The Morgan fingerprint density at radius 2 is 1.76 bits per heavy atom. The zero-order chi connectivity index (χ0) is 20.2. The van der Waals surface area contributed by atoms with Gasteiger partial charge in [-0.25, -0.2) is 19.9 Å². The second-order valence-electron chi connectivity index (χ2n) is 7.97. The summed E-state index contributed by atoms with van der Waals surface area (Å²) in [7, 11) is 1.92. The lowest BCUT2D eigenvalue weighted by atomic mass is 9.86. The molecule has 1 spiro atoms. The standard InChI is InChI=1S/C19H20F3N7/c1-27-12-26-16-15(27)17(25-11-24-16)29-7-4-18(10-29)3-6-28(9-18)14-8-13(2-5-23-14)19(20,21)22/h2,5,8,11-12H,3-4,6-7,9-10H2,1H3. The Hall–Kier alpha value is -2.91. The van der Waals surface area contributed by atoms with Crippen LogP contribution in [0.1, 0.15) is 18.4 Å². The summed E-state index contributed by atoms with van der Waals surface area (Å²) in [4.78, 5) is 21.4. The number of halogens is 3. The van der Waals surface area contributed by atoms with Crippen molar-refractivity contribution in [3.63, 3.8) is 0 Å². The van der Waals surface area contributed by atoms with Crippen molar-refractivity contribution in [2.45, 2.75) is 19.0 Å². The molecule has 2 saturated heterocycles. The van der Waals surface area contributed by atoms with Crippen LogP contribution >= 0.6 is 0 Å². The van der Waals surface area contributed by atoms with Crippen LogP contribution in [0.3, 0.4) is 0 Å². The van der Waals surface area contributed by atoms with Gasteiger partial charge >= 0.3 is 6.18 Å². The molecule has 29 heavy (non-hydrogen) atoms. The van der Waals surface area contributed by atoms with Gasteiger partial charge < -0.3 is 14.4 Å². The van der Waals surface area contributed by atoms with Gasteiger partial charge in [0.2, 0.25) is 0 Å². The van der Waals surface area contributed by atoms with Crippen LogP contribution in [0.25, 0.3) is 11.2 Å². The Labute approximate surface area is 165 Å². The van der Waals surface area contributed by atoms with E-state index in [1.54, 1.807) is 6.33 Å². The number of fused-ring (bicyclic) bond motifs is 1. The minimum absolute atomic E-state index is 0.0196. The fourth-order valence-corrected chi connectivity index (χ4v) is 4.55. The maximum absolute atomic E-state index is 13.0. The summed E-state index contributed by atoms with van der Waals surface area (Å²) in [5.74, 6) is 1.26. The Balaban J connectivity index is 1.37. The number of alkyl halides is 3. The van der Waals surface area contributed by atoms with Gasteiger partial charge in [0.1, 0.15) is 17.7 Å². The number of rotatable bonds is 2. The molecule has 1 unspecified atom stereocenters. The van der Waals surface area contributed by atoms with Crippen molar-refractivity contribution in [2.75, 3.05) is 36.0 Å². The first kappa shape index (κ1) is 18.1. The second-order valence-corrected chi connectivity index (χ2v) is 7.97. The van der Waals surface area contributed by atoms with E-state index in [4.69, 9.17) is 0 Å². The lowest BCUT2D eigenvalue weighted by Gasteiger charge is -2.26. The van der Waals surface area contributed by atoms with E-state index >= 15 is 0 Å². The first-order chi connectivity index (χ1) is 13.8. The van der Waals surface area contributed by atoms with Crippen LogP contribution in [-0.2, 0) is 13.2 Å². The molecule has 0 aromatic carbocycles. The third-order valence-electron chi connectivity index (χ3n) is 6.06. The van der Waals surface area contributed by atoms with Gasteiger partial charge in [0.15, 0.2) is 11.5 Å². The fraction of sp³-hybridized carbons (Fsp3) is 0.474. The first-order valence-electron chi connectivity index (χ1n) is 9.50. The van der Waals surface area contributed by atoms with Gasteiger partial charge in [-0.15, -0.1) is 0 Å². The van der Waals surface area contributed by atoms with E-state index in [1.165, 1.54) is 12.5 Å². The maximum atomic E-state index is 13.0. The summed E-state index contributed by atoms with van der Waals surface area (Å²) in [6, 6.07) is 2.16. The van der Waals surface area contributed by atoms with Crippen LogP contribution < -0.4 is 9.80 Å². The zero-order valence-corrected chi connectivity index (χ0v) is 15.9. The lowest BCUT2D eigenvalue weighted by Crippen LogP contribution is -2.31. The van der Waals surface area contributed by atoms with Gasteiger partial charge in [-0.2, -0.15) is 13.2 Å². The Kier molecular flexibility index (Phi) is 3.94. The number of aryl methyl sites for hydroxylation is 1. The van der Waals surface area contributed by atoms with Crippen LogP contribution in [0.15, 0.2) is 31.0 Å². The van der Waals surface area contributed by atoms with Gasteiger partial charge in [-0.3, -0.25) is 0 Å². The van der Waals surface area contributed by atoms with Crippen LogP contribution in [0.4, 0.5) is 24.8 Å². The number of imidazole rings is 1. The molecular weight excluding hydrogens is 383 g/mol. The predicted octanol–water partition coefficient (Wildman–Crippen LogP) is 2.88. The molecule has 5 heterocycles. The monoisotopic (exact) mass is 403 g/mol. The second kappa shape index (κ2) is 6.30. The highest BCUT2D eigenvalue weighted by Crippen LogP contribution is 2.43. The third-order valence-corrected chi connectivity index (χ3v) is 6.06. The molecule has 3 aromatic rings. The number of nitrogens with zero attached hydrogens (tertiary/aromatic N) is 7. The Morgan fingerprint density at radius 1 is 1.00 bits per heavy atom. The van der Waals surface area contributed by atoms with Crippen molar-refractivity contribution in [3.8, 4) is 0 Å². The van der Waals surface area contributed by atoms with Crippen LogP contribution in [0.5, 0.6) is 0 Å². The number of pyridine rings is 1. The molecule has 152 valence electrons. The highest BCUT2D eigenvalue weighted by atomic mass is 19.4. The summed E-state index contributed by atoms with van der Waals surface area (Å²) in [6.45, 7) is 3.05. The predicted molar refractivity (Wildman–Crippen MR) is 102 cm³/mol. The largest absolute Gasteiger partial charge is 0.416 e. The SMILES string of the molecule is Cn1cnc2ncnc(N3CCC4(CCN(c5cc(C(F)(F)F)ccn5)C4)C3)c21. The highest BCUT2D eigenvalue weighted by molar-refractivity contribution is 5.83. The van der Waals surface area contributed by atoms with Gasteiger partial charge in [-0.1, -0.05) is 0 Å². The van der Waals surface area contributed by atoms with E-state index in [9.17, 15) is 13.2 Å². The molecule has 7 nitrogen and oxygen atoms in total. The van der Waals surface area contributed by atoms with E-state index in [1.807, 2.05) is 16.5 Å². The summed E-state index contributed by atoms with van der Waals surface area (Å²) in [5.41, 5.74) is 0.931. The minimum atomic E-state index is -4.36. The first-order valence-corrected chi connectivity index (χ1v) is 9.50. The molecule has 3 aromatic heterocycles. The molecule has 2 fully saturated rings. The zero-order valence-electron chi connectivity index (χ0n) is 15.9. The Morgan fingerprint density at radius 3 is 2.55 bits per heavy atom. The topological polar surface area (TPSA) is 63.0 Å². The average Bonchev–Trinajstić information content (AvgIpc) is 3.41.